The molecule has 13 heavy (non-hydrogen) atoms. The maximum Gasteiger partial charge on any atom is 0.0882 e. The zero-order chi connectivity index (χ0) is 9.73. The first-order chi connectivity index (χ1) is 6.08. The molecule has 0 radical (unpaired) electrons. The summed E-state index contributed by atoms with van der Waals surface area (Å²) in [5, 5.41) is 6.68. The Labute approximate surface area is 84.2 Å². The van der Waals surface area contributed by atoms with Crippen LogP contribution in [0.5, 0.6) is 0 Å². The van der Waals surface area contributed by atoms with E-state index in [2.05, 4.69) is 36.7 Å². The number of nitrogens with two attached hydrogens (primary N) is 1. The zero-order valence-electron chi connectivity index (χ0n) is 8.34. The lowest BCUT2D eigenvalue weighted by Gasteiger charge is -2.17. The number of hydrogen-bond acceptors (Lipinski definition) is 3. The third kappa shape index (κ3) is 4.90. The van der Waals surface area contributed by atoms with Crippen LogP contribution in [0.1, 0.15) is 26.7 Å². The van der Waals surface area contributed by atoms with Crippen molar-refractivity contribution >= 4 is 16.3 Å². The van der Waals surface area contributed by atoms with Gasteiger partial charge in [-0.15, -0.1) is 11.3 Å². The number of anilines is 1. The minimum absolute atomic E-state index is 0.0306. The van der Waals surface area contributed by atoms with E-state index < -0.39 is 0 Å². The number of nitrogens with one attached hydrogen (secondary N) is 1. The van der Waals surface area contributed by atoms with Crippen LogP contribution in [0.15, 0.2) is 17.5 Å². The molecule has 0 aliphatic heterocycles. The first-order valence-corrected chi connectivity index (χ1v) is 5.52. The van der Waals surface area contributed by atoms with Gasteiger partial charge in [0.2, 0.25) is 0 Å². The second-order valence-corrected chi connectivity index (χ2v) is 4.94. The smallest absolute Gasteiger partial charge is 0.0882 e. The summed E-state index contributed by atoms with van der Waals surface area (Å²) in [6, 6.07) is 4.15. The van der Waals surface area contributed by atoms with Gasteiger partial charge in [0, 0.05) is 12.1 Å². The largest absolute Gasteiger partial charge is 0.377 e. The summed E-state index contributed by atoms with van der Waals surface area (Å²) in [6.45, 7) is 5.15. The Morgan fingerprint density at radius 2 is 2.31 bits per heavy atom. The molecule has 0 spiro atoms. The van der Waals surface area contributed by atoms with Crippen molar-refractivity contribution in [3.63, 3.8) is 0 Å². The van der Waals surface area contributed by atoms with Crippen molar-refractivity contribution < 1.29 is 0 Å². The van der Waals surface area contributed by atoms with E-state index in [4.69, 9.17) is 5.73 Å². The topological polar surface area (TPSA) is 38.0 Å². The van der Waals surface area contributed by atoms with E-state index in [1.807, 2.05) is 0 Å². The van der Waals surface area contributed by atoms with Gasteiger partial charge in [0.05, 0.1) is 5.00 Å². The summed E-state index contributed by atoms with van der Waals surface area (Å²) in [7, 11) is 0. The predicted octanol–water partition coefficient (Wildman–Crippen LogP) is 2.68. The molecular formula is C10H18N2S. The predicted molar refractivity (Wildman–Crippen MR) is 60.3 cm³/mol. The highest BCUT2D eigenvalue weighted by atomic mass is 32.1. The van der Waals surface area contributed by atoms with Gasteiger partial charge < -0.3 is 11.1 Å². The molecule has 0 atom stereocenters. The fourth-order valence-electron chi connectivity index (χ4n) is 1.13. The van der Waals surface area contributed by atoms with Crippen molar-refractivity contribution in [2.45, 2.75) is 32.2 Å². The van der Waals surface area contributed by atoms with Crippen LogP contribution in [0.2, 0.25) is 0 Å². The first-order valence-electron chi connectivity index (χ1n) is 4.64. The molecule has 1 aromatic rings. The van der Waals surface area contributed by atoms with E-state index in [1.54, 1.807) is 11.3 Å². The van der Waals surface area contributed by atoms with E-state index >= 15 is 0 Å². The molecule has 74 valence electrons. The van der Waals surface area contributed by atoms with E-state index in [-0.39, 0.29) is 5.54 Å². The lowest BCUT2D eigenvalue weighted by Crippen LogP contribution is -2.32. The molecule has 0 fully saturated rings. The summed E-state index contributed by atoms with van der Waals surface area (Å²) >= 11 is 1.74. The molecule has 2 nitrogen and oxygen atoms in total. The molecule has 3 N–H and O–H groups in total. The SMILES string of the molecule is CC(C)(N)CCCNc1cccs1. The van der Waals surface area contributed by atoms with Crippen molar-refractivity contribution in [1.29, 1.82) is 0 Å². The Morgan fingerprint density at radius 1 is 1.54 bits per heavy atom. The van der Waals surface area contributed by atoms with E-state index in [9.17, 15) is 0 Å². The fraction of sp³-hybridized carbons (Fsp3) is 0.600. The molecule has 0 saturated heterocycles. The van der Waals surface area contributed by atoms with E-state index in [1.165, 1.54) is 5.00 Å². The van der Waals surface area contributed by atoms with Gasteiger partial charge in [0.25, 0.3) is 0 Å². The van der Waals surface area contributed by atoms with Crippen molar-refractivity contribution in [3.05, 3.63) is 17.5 Å². The van der Waals surface area contributed by atoms with Crippen molar-refractivity contribution in [3.8, 4) is 0 Å². The molecule has 0 bridgehead atoms. The first kappa shape index (κ1) is 10.5. The van der Waals surface area contributed by atoms with Crippen LogP contribution in [0.3, 0.4) is 0 Å². The molecule has 1 aromatic heterocycles. The van der Waals surface area contributed by atoms with Crippen LogP contribution in [-0.4, -0.2) is 12.1 Å². The summed E-state index contributed by atoms with van der Waals surface area (Å²) in [5.74, 6) is 0. The molecule has 1 heterocycles. The minimum Gasteiger partial charge on any atom is -0.377 e. The highest BCUT2D eigenvalue weighted by molar-refractivity contribution is 7.14. The third-order valence-corrected chi connectivity index (χ3v) is 2.65. The highest BCUT2D eigenvalue weighted by Gasteiger charge is 2.08. The lowest BCUT2D eigenvalue weighted by atomic mass is 10.0. The Bertz CT molecular complexity index is 224. The Kier molecular flexibility index (Phi) is 3.75. The average molecular weight is 198 g/mol. The van der Waals surface area contributed by atoms with Crippen molar-refractivity contribution in [2.75, 3.05) is 11.9 Å². The second-order valence-electron chi connectivity index (χ2n) is 4.00. The molecule has 0 unspecified atom stereocenters. The second kappa shape index (κ2) is 4.63. The van der Waals surface area contributed by atoms with Gasteiger partial charge >= 0.3 is 0 Å². The highest BCUT2D eigenvalue weighted by Crippen LogP contribution is 2.15. The van der Waals surface area contributed by atoms with Gasteiger partial charge in [-0.05, 0) is 44.2 Å². The van der Waals surface area contributed by atoms with Crippen LogP contribution in [0, 0.1) is 0 Å². The van der Waals surface area contributed by atoms with Gasteiger partial charge in [-0.25, -0.2) is 0 Å². The summed E-state index contributed by atoms with van der Waals surface area (Å²) in [5.41, 5.74) is 5.84. The molecule has 0 saturated carbocycles. The molecule has 0 aliphatic carbocycles. The number of thiophene rings is 1. The maximum atomic E-state index is 5.87. The van der Waals surface area contributed by atoms with Gasteiger partial charge in [-0.2, -0.15) is 0 Å². The summed E-state index contributed by atoms with van der Waals surface area (Å²) in [4.78, 5) is 0. The summed E-state index contributed by atoms with van der Waals surface area (Å²) in [6.07, 6.45) is 2.19. The van der Waals surface area contributed by atoms with Gasteiger partial charge in [0.1, 0.15) is 0 Å². The van der Waals surface area contributed by atoms with Crippen LogP contribution in [0.4, 0.5) is 5.00 Å². The molecule has 0 amide bonds. The Morgan fingerprint density at radius 3 is 2.85 bits per heavy atom. The Hall–Kier alpha value is -0.540. The third-order valence-electron chi connectivity index (χ3n) is 1.82. The maximum absolute atomic E-state index is 5.87. The van der Waals surface area contributed by atoms with Gasteiger partial charge in [-0.3, -0.25) is 0 Å². The number of rotatable bonds is 5. The fourth-order valence-corrected chi connectivity index (χ4v) is 1.78. The van der Waals surface area contributed by atoms with Crippen LogP contribution in [0.25, 0.3) is 0 Å². The Balaban J connectivity index is 2.09. The van der Waals surface area contributed by atoms with Gasteiger partial charge in [0.15, 0.2) is 0 Å². The normalized spacial score (nSPS) is 11.6. The summed E-state index contributed by atoms with van der Waals surface area (Å²) < 4.78 is 0. The quantitative estimate of drug-likeness (QED) is 0.714. The monoisotopic (exact) mass is 198 g/mol. The van der Waals surface area contributed by atoms with E-state index in [0.29, 0.717) is 0 Å². The minimum atomic E-state index is -0.0306. The zero-order valence-corrected chi connectivity index (χ0v) is 9.16. The van der Waals surface area contributed by atoms with Crippen molar-refractivity contribution in [1.82, 2.24) is 0 Å². The standard InChI is InChI=1S/C10H18N2S/c1-10(2,11)6-4-7-12-9-5-3-8-13-9/h3,5,8,12H,4,6-7,11H2,1-2H3. The van der Waals surface area contributed by atoms with Crippen LogP contribution < -0.4 is 11.1 Å². The molecule has 3 heteroatoms. The van der Waals surface area contributed by atoms with Crippen LogP contribution in [-0.2, 0) is 0 Å². The number of hydrogen-bond donors (Lipinski definition) is 2. The molecular weight excluding hydrogens is 180 g/mol. The van der Waals surface area contributed by atoms with Gasteiger partial charge in [-0.1, -0.05) is 0 Å². The van der Waals surface area contributed by atoms with E-state index in [0.717, 1.165) is 19.4 Å². The molecule has 1 rings (SSSR count). The van der Waals surface area contributed by atoms with Crippen molar-refractivity contribution in [2.24, 2.45) is 5.73 Å². The average Bonchev–Trinajstić information content (AvgIpc) is 2.48. The molecule has 0 aromatic carbocycles. The molecule has 0 aliphatic rings. The van der Waals surface area contributed by atoms with Crippen LogP contribution >= 0.6 is 11.3 Å². The lowest BCUT2D eigenvalue weighted by molar-refractivity contribution is 0.466.